The average molecular weight is 290 g/mol. The summed E-state index contributed by atoms with van der Waals surface area (Å²) in [5.74, 6) is -1.38. The predicted molar refractivity (Wildman–Crippen MR) is 73.4 cm³/mol. The number of carboxylic acids is 1. The van der Waals surface area contributed by atoms with Crippen LogP contribution in [0.15, 0.2) is 22.7 Å². The third-order valence-electron chi connectivity index (χ3n) is 3.03. The van der Waals surface area contributed by atoms with Gasteiger partial charge in [0.25, 0.3) is 0 Å². The monoisotopic (exact) mass is 290 g/mol. The van der Waals surface area contributed by atoms with Gasteiger partial charge in [0.15, 0.2) is 0 Å². The van der Waals surface area contributed by atoms with E-state index in [-0.39, 0.29) is 17.9 Å². The second-order valence-corrected chi connectivity index (χ2v) is 4.56. The molecule has 0 saturated carbocycles. The molecule has 0 unspecified atom stereocenters. The van der Waals surface area contributed by atoms with E-state index in [1.807, 2.05) is 0 Å². The van der Waals surface area contributed by atoms with Crippen molar-refractivity contribution in [2.45, 2.75) is 20.3 Å². The Labute approximate surface area is 120 Å². The second kappa shape index (κ2) is 5.66. The maximum absolute atomic E-state index is 11.9. The topological polar surface area (TPSA) is 113 Å². The molecule has 2 rings (SSSR count). The van der Waals surface area contributed by atoms with Gasteiger partial charge in [-0.3, -0.25) is 4.79 Å². The molecule has 0 spiro atoms. The maximum Gasteiger partial charge on any atom is 0.339 e. The number of hydrogen-bond donors (Lipinski definition) is 3. The number of phenols is 1. The zero-order valence-electron chi connectivity index (χ0n) is 11.5. The fraction of sp³-hybridized carbons (Fsp3) is 0.214. The molecule has 0 aliphatic heterocycles. The third kappa shape index (κ3) is 3.19. The van der Waals surface area contributed by atoms with Gasteiger partial charge in [-0.05, 0) is 26.0 Å². The predicted octanol–water partition coefficient (Wildman–Crippen LogP) is 1.88. The molecule has 7 heteroatoms. The van der Waals surface area contributed by atoms with Gasteiger partial charge in [0, 0.05) is 17.3 Å². The molecule has 1 aromatic carbocycles. The lowest BCUT2D eigenvalue weighted by Gasteiger charge is -2.07. The van der Waals surface area contributed by atoms with Gasteiger partial charge in [-0.1, -0.05) is 5.16 Å². The van der Waals surface area contributed by atoms with Crippen LogP contribution >= 0.6 is 0 Å². The molecule has 0 aliphatic rings. The lowest BCUT2D eigenvalue weighted by atomic mass is 10.1. The summed E-state index contributed by atoms with van der Waals surface area (Å²) in [5, 5.41) is 24.7. The molecule has 1 amide bonds. The number of carbonyl (C=O) groups excluding carboxylic acids is 1. The van der Waals surface area contributed by atoms with E-state index in [0.29, 0.717) is 22.7 Å². The molecule has 2 aromatic rings. The summed E-state index contributed by atoms with van der Waals surface area (Å²) in [6.07, 6.45) is 0.0859. The smallest absolute Gasteiger partial charge is 0.339 e. The summed E-state index contributed by atoms with van der Waals surface area (Å²) in [4.78, 5) is 22.7. The molecule has 1 heterocycles. The first-order valence-electron chi connectivity index (χ1n) is 6.16. The molecule has 0 aliphatic carbocycles. The molecule has 3 N–H and O–H groups in total. The Morgan fingerprint density at radius 3 is 2.57 bits per heavy atom. The Hall–Kier alpha value is -2.83. The van der Waals surface area contributed by atoms with Crippen LogP contribution in [-0.2, 0) is 11.2 Å². The van der Waals surface area contributed by atoms with Crippen LogP contribution in [0.4, 0.5) is 5.69 Å². The summed E-state index contributed by atoms with van der Waals surface area (Å²) < 4.78 is 4.97. The molecule has 7 nitrogen and oxygen atoms in total. The van der Waals surface area contributed by atoms with Crippen LogP contribution in [0.1, 0.15) is 27.4 Å². The maximum atomic E-state index is 11.9. The molecular weight excluding hydrogens is 276 g/mol. The van der Waals surface area contributed by atoms with E-state index in [0.717, 1.165) is 0 Å². The van der Waals surface area contributed by atoms with Crippen molar-refractivity contribution in [2.24, 2.45) is 0 Å². The molecule has 0 bridgehead atoms. The van der Waals surface area contributed by atoms with Crippen molar-refractivity contribution in [3.8, 4) is 5.75 Å². The second-order valence-electron chi connectivity index (χ2n) is 4.56. The standard InChI is InChI=1S/C14H14N2O5/c1-7-11(8(2)21-16-7)6-13(18)15-9-3-4-10(14(19)20)12(17)5-9/h3-5,17H,6H2,1-2H3,(H,15,18)(H,19,20). The van der Waals surface area contributed by atoms with Crippen LogP contribution in [0.2, 0.25) is 0 Å². The molecule has 0 saturated heterocycles. The zero-order chi connectivity index (χ0) is 15.6. The van der Waals surface area contributed by atoms with E-state index >= 15 is 0 Å². The summed E-state index contributed by atoms with van der Waals surface area (Å²) in [6.45, 7) is 3.46. The number of rotatable bonds is 4. The number of hydrogen-bond acceptors (Lipinski definition) is 5. The molecular formula is C14H14N2O5. The van der Waals surface area contributed by atoms with Gasteiger partial charge < -0.3 is 20.1 Å². The van der Waals surface area contributed by atoms with Gasteiger partial charge in [0.2, 0.25) is 5.91 Å². The fourth-order valence-corrected chi connectivity index (χ4v) is 1.91. The highest BCUT2D eigenvalue weighted by Gasteiger charge is 2.15. The number of carbonyl (C=O) groups is 2. The highest BCUT2D eigenvalue weighted by Crippen LogP contribution is 2.22. The van der Waals surface area contributed by atoms with E-state index in [1.54, 1.807) is 13.8 Å². The number of aromatic nitrogens is 1. The van der Waals surface area contributed by atoms with Gasteiger partial charge in [-0.2, -0.15) is 0 Å². The van der Waals surface area contributed by atoms with Crippen molar-refractivity contribution in [3.63, 3.8) is 0 Å². The number of nitrogens with zero attached hydrogens (tertiary/aromatic N) is 1. The SMILES string of the molecule is Cc1noc(C)c1CC(=O)Nc1ccc(C(=O)O)c(O)c1. The van der Waals surface area contributed by atoms with Gasteiger partial charge in [0.1, 0.15) is 17.1 Å². The first-order valence-corrected chi connectivity index (χ1v) is 6.16. The van der Waals surface area contributed by atoms with E-state index in [1.165, 1.54) is 18.2 Å². The highest BCUT2D eigenvalue weighted by molar-refractivity contribution is 5.95. The minimum atomic E-state index is -1.24. The largest absolute Gasteiger partial charge is 0.507 e. The number of amides is 1. The van der Waals surface area contributed by atoms with Crippen LogP contribution in [0.3, 0.4) is 0 Å². The van der Waals surface area contributed by atoms with Crippen molar-refractivity contribution < 1.29 is 24.3 Å². The summed E-state index contributed by atoms with van der Waals surface area (Å²) >= 11 is 0. The molecule has 21 heavy (non-hydrogen) atoms. The molecule has 1 aromatic heterocycles. The number of nitrogens with one attached hydrogen (secondary N) is 1. The van der Waals surface area contributed by atoms with Crippen LogP contribution in [0, 0.1) is 13.8 Å². The Morgan fingerprint density at radius 2 is 2.05 bits per heavy atom. The van der Waals surface area contributed by atoms with Gasteiger partial charge in [-0.25, -0.2) is 4.79 Å². The molecule has 110 valence electrons. The first kappa shape index (κ1) is 14.6. The number of aromatic carboxylic acids is 1. The van der Waals surface area contributed by atoms with Crippen LogP contribution in [0.5, 0.6) is 5.75 Å². The number of benzene rings is 1. The minimum absolute atomic E-state index is 0.0859. The number of aromatic hydroxyl groups is 1. The van der Waals surface area contributed by atoms with Gasteiger partial charge in [-0.15, -0.1) is 0 Å². The lowest BCUT2D eigenvalue weighted by molar-refractivity contribution is -0.115. The number of anilines is 1. The van der Waals surface area contributed by atoms with Crippen LogP contribution in [-0.4, -0.2) is 27.2 Å². The summed E-state index contributed by atoms with van der Waals surface area (Å²) in [6, 6.07) is 3.83. The normalized spacial score (nSPS) is 10.4. The number of aryl methyl sites for hydroxylation is 2. The Bertz CT molecular complexity index is 686. The van der Waals surface area contributed by atoms with E-state index in [4.69, 9.17) is 9.63 Å². The first-order chi connectivity index (χ1) is 9.88. The number of carboxylic acid groups (broad SMARTS) is 1. The average Bonchev–Trinajstić information content (AvgIpc) is 2.70. The molecule has 0 fully saturated rings. The van der Waals surface area contributed by atoms with Crippen molar-refractivity contribution in [3.05, 3.63) is 40.8 Å². The van der Waals surface area contributed by atoms with E-state index in [9.17, 15) is 14.7 Å². The lowest BCUT2D eigenvalue weighted by Crippen LogP contribution is -2.15. The fourth-order valence-electron chi connectivity index (χ4n) is 1.91. The van der Waals surface area contributed by atoms with Crippen LogP contribution in [0.25, 0.3) is 0 Å². The van der Waals surface area contributed by atoms with E-state index in [2.05, 4.69) is 10.5 Å². The highest BCUT2D eigenvalue weighted by atomic mass is 16.5. The van der Waals surface area contributed by atoms with E-state index < -0.39 is 11.7 Å². The van der Waals surface area contributed by atoms with Crippen molar-refractivity contribution >= 4 is 17.6 Å². The Kier molecular flexibility index (Phi) is 3.93. The molecule has 0 atom stereocenters. The zero-order valence-corrected chi connectivity index (χ0v) is 11.5. The molecule has 0 radical (unpaired) electrons. The summed E-state index contributed by atoms with van der Waals surface area (Å²) in [7, 11) is 0. The minimum Gasteiger partial charge on any atom is -0.507 e. The quantitative estimate of drug-likeness (QED) is 0.792. The third-order valence-corrected chi connectivity index (χ3v) is 3.03. The van der Waals surface area contributed by atoms with Crippen LogP contribution < -0.4 is 5.32 Å². The Balaban J connectivity index is 2.10. The van der Waals surface area contributed by atoms with Gasteiger partial charge >= 0.3 is 5.97 Å². The van der Waals surface area contributed by atoms with Crippen molar-refractivity contribution in [1.82, 2.24) is 5.16 Å². The Morgan fingerprint density at radius 1 is 1.33 bits per heavy atom. The van der Waals surface area contributed by atoms with Crippen molar-refractivity contribution in [1.29, 1.82) is 0 Å². The summed E-state index contributed by atoms with van der Waals surface area (Å²) in [5.41, 5.74) is 1.44. The van der Waals surface area contributed by atoms with Crippen molar-refractivity contribution in [2.75, 3.05) is 5.32 Å². The van der Waals surface area contributed by atoms with Gasteiger partial charge in [0.05, 0.1) is 12.1 Å².